The maximum Gasteiger partial charge on any atom is 0.251 e. The lowest BCUT2D eigenvalue weighted by atomic mass is 9.86. The first-order valence-corrected chi connectivity index (χ1v) is 9.49. The standard InChI is InChI=1S/C21H22N10/c22-18(23)10-1-8(2-11(5-10)19(24)25)14-7-15(17-16(14)31(17)30)9-3-12(20(26)27)6-13(4-9)21(28)29/h1-6,14-15H,7H2,(H3,22,23)(H3,24,25)(H3,26,27)(H3,28,29). The molecule has 0 saturated heterocycles. The fraction of sp³-hybridized carbons (Fsp3) is 0.143. The molecule has 1 aliphatic carbocycles. The van der Waals surface area contributed by atoms with Crippen LogP contribution in [-0.2, 0) is 0 Å². The van der Waals surface area contributed by atoms with Crippen molar-refractivity contribution in [3.8, 4) is 0 Å². The van der Waals surface area contributed by atoms with Crippen LogP contribution in [0, 0.1) is 21.6 Å². The van der Waals surface area contributed by atoms with Gasteiger partial charge in [-0.3, -0.25) is 21.6 Å². The Morgan fingerprint density at radius 3 is 1.19 bits per heavy atom. The predicted molar refractivity (Wildman–Crippen MR) is 118 cm³/mol. The maximum atomic E-state index is 10.4. The molecule has 1 heterocycles. The second kappa shape index (κ2) is 6.87. The first-order chi connectivity index (χ1) is 14.6. The summed E-state index contributed by atoms with van der Waals surface area (Å²) >= 11 is 0. The maximum absolute atomic E-state index is 10.4. The minimum Gasteiger partial charge on any atom is -0.493 e. The molecule has 10 nitrogen and oxygen atoms in total. The zero-order valence-corrected chi connectivity index (χ0v) is 16.5. The van der Waals surface area contributed by atoms with Gasteiger partial charge in [-0.15, -0.1) is 0 Å². The van der Waals surface area contributed by atoms with Crippen molar-refractivity contribution < 1.29 is 4.70 Å². The highest BCUT2D eigenvalue weighted by Crippen LogP contribution is 2.57. The third kappa shape index (κ3) is 3.33. The second-order valence-electron chi connectivity index (χ2n) is 7.77. The molecular weight excluding hydrogens is 392 g/mol. The number of allylic oxidation sites excluding steroid dienone is 2. The number of nitrogens with one attached hydrogen (secondary N) is 4. The molecule has 2 atom stereocenters. The Morgan fingerprint density at radius 1 is 0.645 bits per heavy atom. The Labute approximate surface area is 178 Å². The van der Waals surface area contributed by atoms with Gasteiger partial charge in [0.05, 0.1) is 11.8 Å². The number of nitrogen functional groups attached to an aromatic ring is 4. The molecule has 31 heavy (non-hydrogen) atoms. The normalized spacial score (nSPS) is 19.2. The van der Waals surface area contributed by atoms with Crippen LogP contribution in [0.2, 0.25) is 0 Å². The Kier molecular flexibility index (Phi) is 4.42. The summed E-state index contributed by atoms with van der Waals surface area (Å²) in [5, 5.41) is 31.1. The molecule has 2 aliphatic rings. The summed E-state index contributed by atoms with van der Waals surface area (Å²) < 4.78 is 1.14. The van der Waals surface area contributed by atoms with Crippen LogP contribution in [-0.4, -0.2) is 28.0 Å². The minimum absolute atomic E-state index is 0.134. The summed E-state index contributed by atoms with van der Waals surface area (Å²) in [7, 11) is 0. The van der Waals surface area contributed by atoms with E-state index in [2.05, 4.69) is 0 Å². The van der Waals surface area contributed by atoms with Crippen molar-refractivity contribution in [2.75, 3.05) is 0 Å². The van der Waals surface area contributed by atoms with Crippen LogP contribution in [0.4, 0.5) is 0 Å². The summed E-state index contributed by atoms with van der Waals surface area (Å²) in [4.78, 5) is 0. The molecule has 0 aromatic heterocycles. The number of piperidine rings is 1. The van der Waals surface area contributed by atoms with Gasteiger partial charge in [-0.05, 0) is 53.9 Å². The Hall–Kier alpha value is -4.34. The summed E-state index contributed by atoms with van der Waals surface area (Å²) in [6.45, 7) is 0. The van der Waals surface area contributed by atoms with Gasteiger partial charge in [-0.2, -0.15) is 0 Å². The van der Waals surface area contributed by atoms with Gasteiger partial charge in [0.2, 0.25) is 0 Å². The first kappa shape index (κ1) is 20.0. The molecule has 0 spiro atoms. The van der Waals surface area contributed by atoms with Gasteiger partial charge >= 0.3 is 0 Å². The summed E-state index contributed by atoms with van der Waals surface area (Å²) in [5.74, 6) is -0.918. The topological polar surface area (TPSA) is 225 Å². The van der Waals surface area contributed by atoms with E-state index in [1.807, 2.05) is 0 Å². The molecule has 1 aliphatic heterocycles. The van der Waals surface area contributed by atoms with E-state index in [9.17, 15) is 5.53 Å². The monoisotopic (exact) mass is 414 g/mol. The van der Waals surface area contributed by atoms with Gasteiger partial charge in [0.25, 0.3) is 11.4 Å². The highest BCUT2D eigenvalue weighted by Gasteiger charge is 2.56. The van der Waals surface area contributed by atoms with Crippen LogP contribution < -0.4 is 22.9 Å². The highest BCUT2D eigenvalue weighted by molar-refractivity contribution is 6.01. The van der Waals surface area contributed by atoms with Crippen LogP contribution in [0.5, 0.6) is 0 Å². The van der Waals surface area contributed by atoms with Gasteiger partial charge in [0.15, 0.2) is 0 Å². The highest BCUT2D eigenvalue weighted by atomic mass is 15.3. The molecule has 2 aromatic rings. The van der Waals surface area contributed by atoms with Crippen molar-refractivity contribution >= 4 is 23.3 Å². The minimum atomic E-state index is -0.191. The van der Waals surface area contributed by atoms with E-state index in [0.29, 0.717) is 28.7 Å². The second-order valence-corrected chi connectivity index (χ2v) is 7.77. The number of nitrogens with two attached hydrogens (primary N) is 4. The van der Waals surface area contributed by atoms with Crippen LogP contribution in [0.25, 0.3) is 5.53 Å². The number of hydrogen-bond acceptors (Lipinski definition) is 4. The number of amidine groups is 4. The van der Waals surface area contributed by atoms with E-state index in [1.54, 1.807) is 36.4 Å². The van der Waals surface area contributed by atoms with Crippen molar-refractivity contribution in [2.45, 2.75) is 18.3 Å². The summed E-state index contributed by atoms with van der Waals surface area (Å²) in [6, 6.07) is 10.3. The summed E-state index contributed by atoms with van der Waals surface area (Å²) in [6.07, 6.45) is 0.610. The Balaban J connectivity index is 1.77. The van der Waals surface area contributed by atoms with Gasteiger partial charge in [-0.25, -0.2) is 4.70 Å². The Morgan fingerprint density at radius 2 is 0.935 bits per heavy atom. The van der Waals surface area contributed by atoms with Crippen molar-refractivity contribution in [1.29, 1.82) is 21.6 Å². The lowest BCUT2D eigenvalue weighted by Gasteiger charge is -2.19. The summed E-state index contributed by atoms with van der Waals surface area (Å²) in [5.41, 5.74) is 38.0. The van der Waals surface area contributed by atoms with E-state index < -0.39 is 0 Å². The van der Waals surface area contributed by atoms with Gasteiger partial charge < -0.3 is 28.5 Å². The van der Waals surface area contributed by atoms with Crippen molar-refractivity contribution in [3.63, 3.8) is 0 Å². The van der Waals surface area contributed by atoms with E-state index in [1.165, 1.54) is 0 Å². The molecule has 0 radical (unpaired) electrons. The predicted octanol–water partition coefficient (Wildman–Crippen LogP) is 1.35. The molecule has 12 N–H and O–H groups in total. The number of benzene rings is 2. The molecule has 2 unspecified atom stereocenters. The lowest BCUT2D eigenvalue weighted by molar-refractivity contribution is -0.364. The molecule has 0 saturated carbocycles. The quantitative estimate of drug-likeness (QED) is 0.199. The Bertz CT molecular complexity index is 1090. The molecule has 10 heteroatoms. The fourth-order valence-electron chi connectivity index (χ4n) is 4.21. The van der Waals surface area contributed by atoms with Crippen LogP contribution >= 0.6 is 0 Å². The largest absolute Gasteiger partial charge is 0.493 e. The van der Waals surface area contributed by atoms with Crippen molar-refractivity contribution in [1.82, 2.24) is 0 Å². The molecule has 156 valence electrons. The zero-order chi connectivity index (χ0) is 22.6. The van der Waals surface area contributed by atoms with Gasteiger partial charge in [-0.1, -0.05) is 0 Å². The molecule has 0 bridgehead atoms. The van der Waals surface area contributed by atoms with Crippen molar-refractivity contribution in [2.24, 2.45) is 22.9 Å². The average Bonchev–Trinajstić information content (AvgIpc) is 3.20. The van der Waals surface area contributed by atoms with E-state index in [0.717, 1.165) is 27.2 Å². The molecular formula is C21H22N10. The van der Waals surface area contributed by atoms with Crippen LogP contribution in [0.3, 0.4) is 0 Å². The average molecular weight is 414 g/mol. The van der Waals surface area contributed by atoms with Gasteiger partial charge in [0.1, 0.15) is 23.3 Å². The molecule has 4 rings (SSSR count). The van der Waals surface area contributed by atoms with Crippen molar-refractivity contribution in [3.05, 3.63) is 86.7 Å². The van der Waals surface area contributed by atoms with E-state index in [4.69, 9.17) is 44.6 Å². The smallest absolute Gasteiger partial charge is 0.251 e. The molecule has 0 fully saturated rings. The molecule has 0 amide bonds. The van der Waals surface area contributed by atoms with E-state index >= 15 is 0 Å². The lowest BCUT2D eigenvalue weighted by Crippen LogP contribution is -2.18. The third-order valence-electron chi connectivity index (χ3n) is 5.76. The van der Waals surface area contributed by atoms with Gasteiger partial charge in [0, 0.05) is 22.3 Å². The third-order valence-corrected chi connectivity index (χ3v) is 5.76. The van der Waals surface area contributed by atoms with Crippen LogP contribution in [0.15, 0.2) is 47.8 Å². The fourth-order valence-corrected chi connectivity index (χ4v) is 4.21. The van der Waals surface area contributed by atoms with Crippen LogP contribution in [0.1, 0.15) is 51.6 Å². The van der Waals surface area contributed by atoms with E-state index in [-0.39, 0.29) is 35.2 Å². The molecule has 2 aromatic carbocycles. The number of nitrogens with zero attached hydrogens (tertiary/aromatic N) is 2. The number of hydrogen-bond donors (Lipinski definition) is 8. The number of rotatable bonds is 6. The zero-order valence-electron chi connectivity index (χ0n) is 16.5. The SMILES string of the molecule is [N-]=[N+]1C2=C1C(c1cc(C(=N)N)cc(C(=N)N)c1)CC2c1cc(C(=N)N)cc(C(=N)N)c1. The first-order valence-electron chi connectivity index (χ1n) is 9.49.